The molecule has 1 saturated carbocycles. The van der Waals surface area contributed by atoms with Gasteiger partial charge in [-0.05, 0) is 44.2 Å². The molecule has 3 rings (SSSR count). The molecule has 0 bridgehead atoms. The van der Waals surface area contributed by atoms with Crippen LogP contribution in [0.1, 0.15) is 47.6 Å². The van der Waals surface area contributed by atoms with E-state index in [1.165, 1.54) is 24.9 Å². The number of rotatable bonds is 6. The van der Waals surface area contributed by atoms with E-state index in [1.54, 1.807) is 6.92 Å². The number of aliphatic hydroxyl groups excluding tert-OH is 2. The van der Waals surface area contributed by atoms with E-state index in [0.717, 1.165) is 0 Å². The fourth-order valence-corrected chi connectivity index (χ4v) is 3.06. The molecule has 0 saturated heterocycles. The number of nitrogens with one attached hydrogen (secondary N) is 1. The molecule has 2 aromatic heterocycles. The summed E-state index contributed by atoms with van der Waals surface area (Å²) in [6.45, 7) is 9.30. The van der Waals surface area contributed by atoms with Crippen molar-refractivity contribution in [3.8, 4) is 0 Å². The number of nitrogens with zero attached hydrogens (tertiary/aromatic N) is 2. The second kappa shape index (κ2) is 7.39. The smallest absolute Gasteiger partial charge is 0.233 e. The normalized spacial score (nSPS) is 23.6. The summed E-state index contributed by atoms with van der Waals surface area (Å²) < 4.78 is 5.33. The highest BCUT2D eigenvalue weighted by Crippen LogP contribution is 2.29. The molecule has 1 radical (unpaired) electrons. The van der Waals surface area contributed by atoms with Crippen LogP contribution in [0, 0.1) is 12.8 Å². The van der Waals surface area contributed by atoms with Gasteiger partial charge in [-0.15, -0.1) is 0 Å². The van der Waals surface area contributed by atoms with Crippen molar-refractivity contribution >= 4 is 11.6 Å². The van der Waals surface area contributed by atoms with Crippen molar-refractivity contribution in [1.29, 1.82) is 0 Å². The van der Waals surface area contributed by atoms with Gasteiger partial charge >= 0.3 is 0 Å². The van der Waals surface area contributed by atoms with E-state index in [2.05, 4.69) is 28.8 Å². The van der Waals surface area contributed by atoms with Crippen LogP contribution in [0.25, 0.3) is 0 Å². The van der Waals surface area contributed by atoms with Gasteiger partial charge in [-0.2, -0.15) is 0 Å². The second-order valence-electron chi connectivity index (χ2n) is 6.75. The Hall–Kier alpha value is -2.51. The maximum atomic E-state index is 12.8. The maximum absolute atomic E-state index is 12.8. The Morgan fingerprint density at radius 3 is 2.88 bits per heavy atom. The molecule has 1 aliphatic rings. The summed E-state index contributed by atoms with van der Waals surface area (Å²) in [4.78, 5) is 20.9. The number of hydrogen-bond acceptors (Lipinski definition) is 7. The predicted octanol–water partition coefficient (Wildman–Crippen LogP) is 2.30. The average molecular weight is 356 g/mol. The molecule has 0 unspecified atom stereocenters. The van der Waals surface area contributed by atoms with Crippen molar-refractivity contribution in [3.63, 3.8) is 0 Å². The van der Waals surface area contributed by atoms with Gasteiger partial charge in [0.15, 0.2) is 5.76 Å². The van der Waals surface area contributed by atoms with Crippen molar-refractivity contribution in [2.45, 2.75) is 38.0 Å². The van der Waals surface area contributed by atoms with E-state index in [0.29, 0.717) is 29.8 Å². The van der Waals surface area contributed by atoms with Gasteiger partial charge in [0.1, 0.15) is 18.2 Å². The lowest BCUT2D eigenvalue weighted by molar-refractivity contribution is 0.101. The maximum Gasteiger partial charge on any atom is 0.233 e. The van der Waals surface area contributed by atoms with Crippen LogP contribution in [-0.2, 0) is 0 Å². The Balaban J connectivity index is 1.81. The number of furan rings is 1. The van der Waals surface area contributed by atoms with E-state index in [-0.39, 0.29) is 23.3 Å². The van der Waals surface area contributed by atoms with Gasteiger partial charge in [-0.1, -0.05) is 6.58 Å². The Labute approximate surface area is 151 Å². The zero-order valence-corrected chi connectivity index (χ0v) is 14.6. The van der Waals surface area contributed by atoms with Gasteiger partial charge in [-0.25, -0.2) is 9.97 Å². The number of hydrogen-bond donors (Lipinski definition) is 3. The van der Waals surface area contributed by atoms with Crippen LogP contribution in [-0.4, -0.2) is 38.1 Å². The second-order valence-corrected chi connectivity index (χ2v) is 6.75. The first-order valence-electron chi connectivity index (χ1n) is 8.41. The number of aliphatic hydroxyl groups is 2. The Bertz CT molecular complexity index is 807. The molecule has 7 heteroatoms. The van der Waals surface area contributed by atoms with Gasteiger partial charge in [-0.3, -0.25) is 4.79 Å². The van der Waals surface area contributed by atoms with Crippen LogP contribution in [0.2, 0.25) is 0 Å². The minimum atomic E-state index is -0.890. The Morgan fingerprint density at radius 1 is 1.46 bits per heavy atom. The minimum Gasteiger partial charge on any atom is -0.460 e. The first-order valence-corrected chi connectivity index (χ1v) is 8.41. The predicted molar refractivity (Wildman–Crippen MR) is 95.4 cm³/mol. The fraction of sp³-hybridized carbons (Fsp3) is 0.368. The average Bonchev–Trinajstić information content (AvgIpc) is 3.21. The van der Waals surface area contributed by atoms with Gasteiger partial charge in [0, 0.05) is 17.8 Å². The Morgan fingerprint density at radius 2 is 2.23 bits per heavy atom. The number of carbonyl (C=O) groups excluding carboxylic acids is 1. The van der Waals surface area contributed by atoms with Gasteiger partial charge in [0.05, 0.1) is 17.9 Å². The lowest BCUT2D eigenvalue weighted by Gasteiger charge is -2.14. The SMILES string of the molecule is [CH2][C@@H]1C[C@@H](Nc2ncncc2C(=O)c2cc([C@H](O)C(=C)C)co2)C[C@@H]1O. The summed E-state index contributed by atoms with van der Waals surface area (Å²) in [7, 11) is 0. The van der Waals surface area contributed by atoms with Crippen LogP contribution in [0.15, 0.2) is 41.4 Å². The van der Waals surface area contributed by atoms with E-state index >= 15 is 0 Å². The Kier molecular flexibility index (Phi) is 5.20. The molecule has 1 fully saturated rings. The largest absolute Gasteiger partial charge is 0.460 e. The number of anilines is 1. The first-order chi connectivity index (χ1) is 12.4. The molecule has 137 valence electrons. The van der Waals surface area contributed by atoms with E-state index in [1.807, 2.05) is 0 Å². The summed E-state index contributed by atoms with van der Waals surface area (Å²) >= 11 is 0. The van der Waals surface area contributed by atoms with Crippen LogP contribution in [0.4, 0.5) is 5.82 Å². The quantitative estimate of drug-likeness (QED) is 0.538. The van der Waals surface area contributed by atoms with Gasteiger partial charge in [0.2, 0.25) is 5.78 Å². The van der Waals surface area contributed by atoms with E-state index in [9.17, 15) is 15.0 Å². The van der Waals surface area contributed by atoms with E-state index in [4.69, 9.17) is 4.42 Å². The summed E-state index contributed by atoms with van der Waals surface area (Å²) in [6.07, 6.45) is 3.98. The third-order valence-electron chi connectivity index (χ3n) is 4.58. The minimum absolute atomic E-state index is 0.0219. The molecule has 26 heavy (non-hydrogen) atoms. The van der Waals surface area contributed by atoms with Gasteiger partial charge < -0.3 is 19.9 Å². The van der Waals surface area contributed by atoms with Gasteiger partial charge in [0.25, 0.3) is 0 Å². The molecule has 3 N–H and O–H groups in total. The van der Waals surface area contributed by atoms with Crippen molar-refractivity contribution in [2.75, 3.05) is 5.32 Å². The molecule has 0 aromatic carbocycles. The monoisotopic (exact) mass is 356 g/mol. The highest BCUT2D eigenvalue weighted by Gasteiger charge is 2.31. The van der Waals surface area contributed by atoms with Crippen LogP contribution < -0.4 is 5.32 Å². The molecular weight excluding hydrogens is 334 g/mol. The highest BCUT2D eigenvalue weighted by molar-refractivity contribution is 6.10. The van der Waals surface area contributed by atoms with Crippen LogP contribution in [0.3, 0.4) is 0 Å². The number of ketones is 1. The molecular formula is C19H22N3O4. The standard InChI is InChI=1S/C19H22N3O4/c1-10(2)17(24)12-5-16(26-8-12)18(25)14-7-20-9-21-19(14)22-13-4-11(3)15(23)6-13/h5,7-9,11,13,15,17,23-24H,1,3-4,6H2,2H3,(H,20,21,22)/t11-,13-,15+,17-/m1/s1. The lowest BCUT2D eigenvalue weighted by Crippen LogP contribution is -2.20. The molecule has 7 nitrogen and oxygen atoms in total. The van der Waals surface area contributed by atoms with Crippen molar-refractivity contribution in [1.82, 2.24) is 9.97 Å². The molecule has 4 atom stereocenters. The highest BCUT2D eigenvalue weighted by atomic mass is 16.3. The zero-order chi connectivity index (χ0) is 18.8. The topological polar surface area (TPSA) is 108 Å². The molecule has 1 aliphatic carbocycles. The summed E-state index contributed by atoms with van der Waals surface area (Å²) in [6, 6.07) is 1.47. The third kappa shape index (κ3) is 3.68. The third-order valence-corrected chi connectivity index (χ3v) is 4.58. The molecule has 0 aliphatic heterocycles. The summed E-state index contributed by atoms with van der Waals surface area (Å²) in [5.41, 5.74) is 1.28. The zero-order valence-electron chi connectivity index (χ0n) is 14.6. The van der Waals surface area contributed by atoms with Crippen molar-refractivity contribution < 1.29 is 19.4 Å². The number of aromatic nitrogens is 2. The van der Waals surface area contributed by atoms with E-state index < -0.39 is 18.0 Å². The van der Waals surface area contributed by atoms with Crippen LogP contribution >= 0.6 is 0 Å². The molecule has 2 heterocycles. The van der Waals surface area contributed by atoms with Crippen LogP contribution in [0.5, 0.6) is 0 Å². The lowest BCUT2D eigenvalue weighted by atomic mass is 10.1. The summed E-state index contributed by atoms with van der Waals surface area (Å²) in [5, 5.41) is 23.1. The molecule has 0 spiro atoms. The molecule has 0 amide bonds. The first kappa shape index (κ1) is 18.3. The summed E-state index contributed by atoms with van der Waals surface area (Å²) in [5.74, 6) is 0.0251. The van der Waals surface area contributed by atoms with Crippen molar-refractivity contribution in [3.05, 3.63) is 60.8 Å². The fourth-order valence-electron chi connectivity index (χ4n) is 3.06. The van der Waals surface area contributed by atoms with Crippen molar-refractivity contribution in [2.24, 2.45) is 5.92 Å². The number of carbonyl (C=O) groups is 1. The molecule has 2 aromatic rings.